The second-order valence-electron chi connectivity index (χ2n) is 6.73. The molecule has 1 heterocycles. The van der Waals surface area contributed by atoms with E-state index in [9.17, 15) is 9.50 Å². The Bertz CT molecular complexity index is 644. The fourth-order valence-electron chi connectivity index (χ4n) is 3.19. The normalized spacial score (nSPS) is 18.2. The molecule has 2 atom stereocenters. The van der Waals surface area contributed by atoms with Crippen molar-refractivity contribution in [3.63, 3.8) is 0 Å². The zero-order valence-corrected chi connectivity index (χ0v) is 14.9. The Kier molecular flexibility index (Phi) is 7.00. The molecule has 1 aliphatic rings. The maximum atomic E-state index is 13.1. The Morgan fingerprint density at radius 3 is 2.62 bits per heavy atom. The highest BCUT2D eigenvalue weighted by atomic mass is 19.1. The highest BCUT2D eigenvalue weighted by molar-refractivity contribution is 5.21. The first-order chi connectivity index (χ1) is 12.7. The molecule has 0 aliphatic carbocycles. The number of ether oxygens (including phenoxy) is 2. The number of halogens is 1. The number of nitrogens with zero attached hydrogens (tertiary/aromatic N) is 1. The van der Waals surface area contributed by atoms with Gasteiger partial charge >= 0.3 is 0 Å². The molecular weight excluding hydrogens is 333 g/mol. The van der Waals surface area contributed by atoms with Crippen LogP contribution >= 0.6 is 0 Å². The summed E-state index contributed by atoms with van der Waals surface area (Å²) in [6.45, 7) is 2.90. The molecule has 0 spiro atoms. The summed E-state index contributed by atoms with van der Waals surface area (Å²) in [6.07, 6.45) is 1.69. The largest absolute Gasteiger partial charge is 0.491 e. The van der Waals surface area contributed by atoms with Crippen molar-refractivity contribution < 1.29 is 19.0 Å². The average Bonchev–Trinajstić information content (AvgIpc) is 3.16. The van der Waals surface area contributed by atoms with Gasteiger partial charge in [0.1, 0.15) is 24.3 Å². The van der Waals surface area contributed by atoms with Gasteiger partial charge in [-0.05, 0) is 42.7 Å². The number of hydrogen-bond acceptors (Lipinski definition) is 4. The molecular formula is C21H26FNO3. The van der Waals surface area contributed by atoms with Crippen LogP contribution in [0.3, 0.4) is 0 Å². The van der Waals surface area contributed by atoms with Crippen LogP contribution in [0, 0.1) is 5.82 Å². The van der Waals surface area contributed by atoms with Crippen LogP contribution in [0.2, 0.25) is 0 Å². The van der Waals surface area contributed by atoms with Crippen molar-refractivity contribution >= 4 is 0 Å². The first-order valence-electron chi connectivity index (χ1n) is 9.13. The van der Waals surface area contributed by atoms with E-state index in [4.69, 9.17) is 9.47 Å². The van der Waals surface area contributed by atoms with E-state index in [-0.39, 0.29) is 18.5 Å². The summed E-state index contributed by atoms with van der Waals surface area (Å²) in [6, 6.07) is 16.0. The number of rotatable bonds is 9. The van der Waals surface area contributed by atoms with Gasteiger partial charge in [-0.1, -0.05) is 30.3 Å². The van der Waals surface area contributed by atoms with Gasteiger partial charge in [-0.25, -0.2) is 4.39 Å². The zero-order chi connectivity index (χ0) is 18.2. The predicted molar refractivity (Wildman–Crippen MR) is 98.6 cm³/mol. The summed E-state index contributed by atoms with van der Waals surface area (Å²) in [4.78, 5) is 2.16. The molecule has 140 valence electrons. The third-order valence-corrected chi connectivity index (χ3v) is 4.46. The van der Waals surface area contributed by atoms with Gasteiger partial charge in [-0.2, -0.15) is 0 Å². The van der Waals surface area contributed by atoms with Crippen molar-refractivity contribution in [3.05, 3.63) is 66.0 Å². The van der Waals surface area contributed by atoms with Crippen molar-refractivity contribution in [3.8, 4) is 5.75 Å². The number of aliphatic hydroxyl groups excluding tert-OH is 1. The number of para-hydroxylation sites is 1. The van der Waals surface area contributed by atoms with Crippen molar-refractivity contribution in [1.82, 2.24) is 4.90 Å². The second kappa shape index (κ2) is 9.67. The lowest BCUT2D eigenvalue weighted by atomic mass is 10.1. The summed E-state index contributed by atoms with van der Waals surface area (Å²) < 4.78 is 24.5. The van der Waals surface area contributed by atoms with E-state index in [0.29, 0.717) is 13.1 Å². The lowest BCUT2D eigenvalue weighted by molar-refractivity contribution is 0.0313. The lowest BCUT2D eigenvalue weighted by Crippen LogP contribution is -2.39. The molecule has 4 nitrogen and oxygen atoms in total. The van der Waals surface area contributed by atoms with E-state index in [2.05, 4.69) is 4.90 Å². The fourth-order valence-corrected chi connectivity index (χ4v) is 3.19. The zero-order valence-electron chi connectivity index (χ0n) is 14.9. The Balaban J connectivity index is 1.55. The standard InChI is InChI=1S/C21H26FNO3/c22-18-10-8-17(9-11-18)13-23(15-21-7-4-12-25-21)14-19(24)16-26-20-5-2-1-3-6-20/h1-3,5-6,8-11,19,21,24H,4,7,12-16H2/t19-,21-/m0/s1. The Morgan fingerprint density at radius 2 is 1.92 bits per heavy atom. The molecule has 1 N–H and O–H groups in total. The lowest BCUT2D eigenvalue weighted by Gasteiger charge is -2.27. The van der Waals surface area contributed by atoms with Crippen LogP contribution in [0.1, 0.15) is 18.4 Å². The van der Waals surface area contributed by atoms with Gasteiger partial charge < -0.3 is 14.6 Å². The molecule has 0 bridgehead atoms. The minimum atomic E-state index is -0.614. The van der Waals surface area contributed by atoms with E-state index in [1.807, 2.05) is 30.3 Å². The Morgan fingerprint density at radius 1 is 1.15 bits per heavy atom. The van der Waals surface area contributed by atoms with Gasteiger partial charge in [0.25, 0.3) is 0 Å². The first kappa shape index (κ1) is 18.8. The fraction of sp³-hybridized carbons (Fsp3) is 0.429. The summed E-state index contributed by atoms with van der Waals surface area (Å²) in [5.74, 6) is 0.506. The minimum Gasteiger partial charge on any atom is -0.491 e. The highest BCUT2D eigenvalue weighted by Crippen LogP contribution is 2.16. The number of benzene rings is 2. The Hall–Kier alpha value is -1.95. The highest BCUT2D eigenvalue weighted by Gasteiger charge is 2.21. The monoisotopic (exact) mass is 359 g/mol. The van der Waals surface area contributed by atoms with Crippen LogP contribution in [0.25, 0.3) is 0 Å². The van der Waals surface area contributed by atoms with Crippen molar-refractivity contribution in [1.29, 1.82) is 0 Å². The van der Waals surface area contributed by atoms with E-state index in [0.717, 1.165) is 37.3 Å². The summed E-state index contributed by atoms with van der Waals surface area (Å²) in [7, 11) is 0. The van der Waals surface area contributed by atoms with Gasteiger partial charge in [0.15, 0.2) is 0 Å². The second-order valence-corrected chi connectivity index (χ2v) is 6.73. The van der Waals surface area contributed by atoms with Crippen LogP contribution < -0.4 is 4.74 Å². The first-order valence-corrected chi connectivity index (χ1v) is 9.13. The molecule has 0 amide bonds. The number of hydrogen-bond donors (Lipinski definition) is 1. The molecule has 26 heavy (non-hydrogen) atoms. The molecule has 5 heteroatoms. The smallest absolute Gasteiger partial charge is 0.123 e. The molecule has 2 aromatic rings. The molecule has 1 fully saturated rings. The van der Waals surface area contributed by atoms with Gasteiger partial charge in [0, 0.05) is 26.2 Å². The predicted octanol–water partition coefficient (Wildman–Crippen LogP) is 3.25. The van der Waals surface area contributed by atoms with Crippen LogP contribution in [-0.4, -0.2) is 48.5 Å². The maximum absolute atomic E-state index is 13.1. The third-order valence-electron chi connectivity index (χ3n) is 4.46. The van der Waals surface area contributed by atoms with E-state index in [1.54, 1.807) is 12.1 Å². The van der Waals surface area contributed by atoms with Crippen LogP contribution in [0.4, 0.5) is 4.39 Å². The van der Waals surface area contributed by atoms with Crippen molar-refractivity contribution in [2.45, 2.75) is 31.6 Å². The van der Waals surface area contributed by atoms with E-state index >= 15 is 0 Å². The van der Waals surface area contributed by atoms with E-state index in [1.165, 1.54) is 12.1 Å². The van der Waals surface area contributed by atoms with Crippen LogP contribution in [0.5, 0.6) is 5.75 Å². The van der Waals surface area contributed by atoms with Crippen LogP contribution in [0.15, 0.2) is 54.6 Å². The Labute approximate surface area is 154 Å². The third kappa shape index (κ3) is 6.09. The van der Waals surface area contributed by atoms with Crippen LogP contribution in [-0.2, 0) is 11.3 Å². The van der Waals surface area contributed by atoms with Gasteiger partial charge in [0.05, 0.1) is 6.10 Å². The van der Waals surface area contributed by atoms with E-state index < -0.39 is 6.10 Å². The molecule has 3 rings (SSSR count). The molecule has 2 aromatic carbocycles. The molecule has 0 aromatic heterocycles. The topological polar surface area (TPSA) is 41.9 Å². The quantitative estimate of drug-likeness (QED) is 0.746. The maximum Gasteiger partial charge on any atom is 0.123 e. The molecule has 0 unspecified atom stereocenters. The van der Waals surface area contributed by atoms with Gasteiger partial charge in [-0.15, -0.1) is 0 Å². The van der Waals surface area contributed by atoms with Gasteiger partial charge in [0.2, 0.25) is 0 Å². The average molecular weight is 359 g/mol. The molecule has 1 saturated heterocycles. The van der Waals surface area contributed by atoms with Crippen molar-refractivity contribution in [2.75, 3.05) is 26.3 Å². The minimum absolute atomic E-state index is 0.192. The SMILES string of the molecule is O[C@H](COc1ccccc1)CN(Cc1ccc(F)cc1)C[C@@H]1CCCO1. The number of aliphatic hydroxyl groups is 1. The summed E-state index contributed by atoms with van der Waals surface area (Å²) in [5.41, 5.74) is 1.01. The molecule has 0 radical (unpaired) electrons. The summed E-state index contributed by atoms with van der Waals surface area (Å²) in [5, 5.41) is 10.4. The molecule has 0 saturated carbocycles. The summed E-state index contributed by atoms with van der Waals surface area (Å²) >= 11 is 0. The molecule has 1 aliphatic heterocycles. The van der Waals surface area contributed by atoms with Gasteiger partial charge in [-0.3, -0.25) is 4.90 Å². The van der Waals surface area contributed by atoms with Crippen molar-refractivity contribution in [2.24, 2.45) is 0 Å².